The number of nitrogens with one attached hydrogen (secondary N) is 1. The topological polar surface area (TPSA) is 77.1 Å². The molecule has 0 aromatic heterocycles. The van der Waals surface area contributed by atoms with Crippen molar-refractivity contribution in [3.05, 3.63) is 89.0 Å². The van der Waals surface area contributed by atoms with Gasteiger partial charge in [-0.25, -0.2) is 0 Å². The molecule has 7 heteroatoms. The number of hydrogen-bond acceptors (Lipinski definition) is 5. The molecule has 0 aliphatic carbocycles. The lowest BCUT2D eigenvalue weighted by Crippen LogP contribution is -2.28. The molecule has 1 fully saturated rings. The number of benzene rings is 3. The molecule has 35 heavy (non-hydrogen) atoms. The Balaban J connectivity index is 1.44. The zero-order valence-corrected chi connectivity index (χ0v) is 20.1. The van der Waals surface area contributed by atoms with Crippen LogP contribution in [0.1, 0.15) is 44.7 Å². The van der Waals surface area contributed by atoms with Crippen molar-refractivity contribution in [2.24, 2.45) is 0 Å². The van der Waals surface area contributed by atoms with Gasteiger partial charge in [0.25, 0.3) is 11.8 Å². The summed E-state index contributed by atoms with van der Waals surface area (Å²) in [5.41, 5.74) is 2.88. The molecule has 1 heterocycles. The molecule has 0 unspecified atom stereocenters. The minimum atomic E-state index is -0.285. The van der Waals surface area contributed by atoms with Crippen molar-refractivity contribution in [2.75, 3.05) is 27.3 Å². The van der Waals surface area contributed by atoms with Crippen molar-refractivity contribution in [3.63, 3.8) is 0 Å². The van der Waals surface area contributed by atoms with Gasteiger partial charge >= 0.3 is 0 Å². The average molecular weight is 475 g/mol. The molecule has 1 aliphatic heterocycles. The molecule has 3 aromatic rings. The van der Waals surface area contributed by atoms with E-state index in [0.29, 0.717) is 35.0 Å². The number of methoxy groups -OCH3 is 2. The van der Waals surface area contributed by atoms with Crippen LogP contribution in [-0.4, -0.2) is 44.0 Å². The molecular formula is C28H30N2O5. The van der Waals surface area contributed by atoms with E-state index in [4.69, 9.17) is 14.2 Å². The van der Waals surface area contributed by atoms with E-state index < -0.39 is 0 Å². The van der Waals surface area contributed by atoms with Crippen molar-refractivity contribution in [2.45, 2.75) is 26.0 Å². The van der Waals surface area contributed by atoms with Crippen LogP contribution in [0.2, 0.25) is 0 Å². The van der Waals surface area contributed by atoms with Gasteiger partial charge < -0.3 is 24.4 Å². The summed E-state index contributed by atoms with van der Waals surface area (Å²) >= 11 is 0. The number of rotatable bonds is 9. The average Bonchev–Trinajstić information content (AvgIpc) is 3.45. The van der Waals surface area contributed by atoms with Crippen LogP contribution in [0.15, 0.2) is 66.7 Å². The molecule has 1 N–H and O–H groups in total. The number of hydrogen-bond donors (Lipinski definition) is 1. The van der Waals surface area contributed by atoms with Gasteiger partial charge in [-0.1, -0.05) is 42.5 Å². The van der Waals surface area contributed by atoms with E-state index in [2.05, 4.69) is 5.32 Å². The summed E-state index contributed by atoms with van der Waals surface area (Å²) < 4.78 is 16.9. The van der Waals surface area contributed by atoms with Gasteiger partial charge in [-0.3, -0.25) is 9.59 Å². The van der Waals surface area contributed by atoms with Gasteiger partial charge in [0, 0.05) is 30.8 Å². The van der Waals surface area contributed by atoms with Crippen LogP contribution < -0.4 is 19.5 Å². The van der Waals surface area contributed by atoms with Gasteiger partial charge in [-0.05, 0) is 48.2 Å². The summed E-state index contributed by atoms with van der Waals surface area (Å²) in [6, 6.07) is 20.4. The highest BCUT2D eigenvalue weighted by Gasteiger charge is 2.20. The quantitative estimate of drug-likeness (QED) is 0.496. The van der Waals surface area contributed by atoms with E-state index in [-0.39, 0.29) is 18.4 Å². The molecule has 1 aliphatic rings. The second-order valence-electron chi connectivity index (χ2n) is 8.37. The van der Waals surface area contributed by atoms with Gasteiger partial charge in [0.05, 0.1) is 14.2 Å². The molecule has 0 spiro atoms. The summed E-state index contributed by atoms with van der Waals surface area (Å²) in [4.78, 5) is 27.5. The second kappa shape index (κ2) is 11.4. The maximum Gasteiger partial charge on any atom is 0.253 e. The fourth-order valence-corrected chi connectivity index (χ4v) is 4.08. The van der Waals surface area contributed by atoms with E-state index in [9.17, 15) is 9.59 Å². The van der Waals surface area contributed by atoms with Crippen LogP contribution in [0.25, 0.3) is 0 Å². The predicted molar refractivity (Wildman–Crippen MR) is 133 cm³/mol. The monoisotopic (exact) mass is 474 g/mol. The fraction of sp³-hybridized carbons (Fsp3) is 0.286. The molecular weight excluding hydrogens is 444 g/mol. The summed E-state index contributed by atoms with van der Waals surface area (Å²) in [5.74, 6) is 1.000. The first-order valence-corrected chi connectivity index (χ1v) is 11.7. The number of carbonyl (C=O) groups is 2. The Hall–Kier alpha value is -4.00. The van der Waals surface area contributed by atoms with Gasteiger partial charge in [-0.15, -0.1) is 0 Å². The fourth-order valence-electron chi connectivity index (χ4n) is 4.08. The van der Waals surface area contributed by atoms with Crippen molar-refractivity contribution < 1.29 is 23.8 Å². The molecule has 3 aromatic carbocycles. The predicted octanol–water partition coefficient (Wildman–Crippen LogP) is 4.45. The van der Waals surface area contributed by atoms with Crippen molar-refractivity contribution in [1.82, 2.24) is 10.2 Å². The lowest BCUT2D eigenvalue weighted by atomic mass is 10.1. The maximum absolute atomic E-state index is 12.9. The summed E-state index contributed by atoms with van der Waals surface area (Å²) in [5, 5.41) is 2.92. The molecule has 7 nitrogen and oxygen atoms in total. The highest BCUT2D eigenvalue weighted by Crippen LogP contribution is 2.39. The summed E-state index contributed by atoms with van der Waals surface area (Å²) in [7, 11) is 3.05. The SMILES string of the molecule is COc1cc(C(=O)NCc2cccc(C(=O)N3CCCC3)c2)cc(OC)c1OCc1ccccc1. The molecule has 4 rings (SSSR count). The third-order valence-corrected chi connectivity index (χ3v) is 5.97. The minimum absolute atomic E-state index is 0.0382. The first-order valence-electron chi connectivity index (χ1n) is 11.7. The Morgan fingerprint density at radius 1 is 0.829 bits per heavy atom. The maximum atomic E-state index is 12.9. The lowest BCUT2D eigenvalue weighted by molar-refractivity contribution is 0.0792. The minimum Gasteiger partial charge on any atom is -0.493 e. The first-order chi connectivity index (χ1) is 17.1. The molecule has 0 atom stereocenters. The number of nitrogens with zero attached hydrogens (tertiary/aromatic N) is 1. The van der Waals surface area contributed by atoms with E-state index >= 15 is 0 Å². The van der Waals surface area contributed by atoms with Crippen molar-refractivity contribution >= 4 is 11.8 Å². The second-order valence-corrected chi connectivity index (χ2v) is 8.37. The van der Waals surface area contributed by atoms with E-state index in [1.807, 2.05) is 59.5 Å². The zero-order valence-electron chi connectivity index (χ0n) is 20.1. The zero-order chi connectivity index (χ0) is 24.6. The van der Waals surface area contributed by atoms with Crippen LogP contribution in [0.5, 0.6) is 17.2 Å². The molecule has 0 bridgehead atoms. The van der Waals surface area contributed by atoms with Crippen LogP contribution in [0, 0.1) is 0 Å². The van der Waals surface area contributed by atoms with Crippen LogP contribution in [-0.2, 0) is 13.2 Å². The third kappa shape index (κ3) is 5.93. The third-order valence-electron chi connectivity index (χ3n) is 5.97. The Bertz CT molecular complexity index is 1150. The van der Waals surface area contributed by atoms with Crippen LogP contribution in [0.4, 0.5) is 0 Å². The number of ether oxygens (including phenoxy) is 3. The largest absolute Gasteiger partial charge is 0.493 e. The van der Waals surface area contributed by atoms with Crippen molar-refractivity contribution in [1.29, 1.82) is 0 Å². The van der Waals surface area contributed by atoms with Crippen LogP contribution >= 0.6 is 0 Å². The molecule has 1 saturated heterocycles. The molecule has 0 radical (unpaired) electrons. The normalized spacial score (nSPS) is 12.8. The van der Waals surface area contributed by atoms with Crippen LogP contribution in [0.3, 0.4) is 0 Å². The number of amides is 2. The highest BCUT2D eigenvalue weighted by molar-refractivity contribution is 5.96. The Morgan fingerprint density at radius 2 is 1.49 bits per heavy atom. The molecule has 0 saturated carbocycles. The Kier molecular flexibility index (Phi) is 7.88. The first kappa shape index (κ1) is 24.1. The molecule has 182 valence electrons. The lowest BCUT2D eigenvalue weighted by Gasteiger charge is -2.17. The van der Waals surface area contributed by atoms with E-state index in [0.717, 1.165) is 37.1 Å². The van der Waals surface area contributed by atoms with Crippen molar-refractivity contribution in [3.8, 4) is 17.2 Å². The van der Waals surface area contributed by atoms with E-state index in [1.165, 1.54) is 14.2 Å². The van der Waals surface area contributed by atoms with Gasteiger partial charge in [0.15, 0.2) is 11.5 Å². The molecule has 2 amide bonds. The Morgan fingerprint density at radius 3 is 2.14 bits per heavy atom. The Labute approximate surface area is 205 Å². The summed E-state index contributed by atoms with van der Waals surface area (Å²) in [6.07, 6.45) is 2.09. The van der Waals surface area contributed by atoms with E-state index in [1.54, 1.807) is 12.1 Å². The number of carbonyl (C=O) groups excluding carboxylic acids is 2. The standard InChI is InChI=1S/C28H30N2O5/c1-33-24-16-23(17-25(34-2)26(24)35-19-20-9-4-3-5-10-20)27(31)29-18-21-11-8-12-22(15-21)28(32)30-13-6-7-14-30/h3-5,8-12,15-17H,6-7,13-14,18-19H2,1-2H3,(H,29,31). The summed E-state index contributed by atoms with van der Waals surface area (Å²) in [6.45, 7) is 2.23. The highest BCUT2D eigenvalue weighted by atomic mass is 16.5. The smallest absolute Gasteiger partial charge is 0.253 e. The van der Waals surface area contributed by atoms with Gasteiger partial charge in [0.2, 0.25) is 5.75 Å². The van der Waals surface area contributed by atoms with Gasteiger partial charge in [-0.2, -0.15) is 0 Å². The number of likely N-dealkylation sites (tertiary alicyclic amines) is 1. The van der Waals surface area contributed by atoms with Gasteiger partial charge in [0.1, 0.15) is 6.61 Å².